The largest absolute Gasteiger partial charge is 0.313 e. The summed E-state index contributed by atoms with van der Waals surface area (Å²) in [5.41, 5.74) is 5.31. The summed E-state index contributed by atoms with van der Waals surface area (Å²) in [4.78, 5) is 0. The quantitative estimate of drug-likeness (QED) is 0.820. The van der Waals surface area contributed by atoms with Gasteiger partial charge in [-0.3, -0.25) is 0 Å². The van der Waals surface area contributed by atoms with E-state index in [1.54, 1.807) is 16.7 Å². The predicted molar refractivity (Wildman–Crippen MR) is 86.1 cm³/mol. The van der Waals surface area contributed by atoms with Crippen molar-refractivity contribution in [3.8, 4) is 0 Å². The maximum Gasteiger partial charge on any atom is 0.0141 e. The average Bonchev–Trinajstić information content (AvgIpc) is 2.86. The highest BCUT2D eigenvalue weighted by Crippen LogP contribution is 2.54. The summed E-state index contributed by atoms with van der Waals surface area (Å²) in [7, 11) is 0. The Morgan fingerprint density at radius 2 is 2.00 bits per heavy atom. The molecule has 20 heavy (non-hydrogen) atoms. The number of hydrogen-bond donors (Lipinski definition) is 1. The minimum absolute atomic E-state index is 0.558. The number of fused-ring (bicyclic) bond motifs is 1. The van der Waals surface area contributed by atoms with Crippen molar-refractivity contribution in [2.75, 3.05) is 6.54 Å². The molecule has 2 aliphatic rings. The van der Waals surface area contributed by atoms with E-state index >= 15 is 0 Å². The molecule has 0 bridgehead atoms. The molecule has 2 unspecified atom stereocenters. The first kappa shape index (κ1) is 14.1. The van der Waals surface area contributed by atoms with Crippen LogP contribution in [-0.2, 0) is 19.3 Å². The monoisotopic (exact) mass is 271 g/mol. The fourth-order valence-electron chi connectivity index (χ4n) is 3.89. The lowest BCUT2D eigenvalue weighted by Crippen LogP contribution is -2.35. The van der Waals surface area contributed by atoms with E-state index in [9.17, 15) is 0 Å². The predicted octanol–water partition coefficient (Wildman–Crippen LogP) is 4.13. The highest BCUT2D eigenvalue weighted by atomic mass is 14.9. The van der Waals surface area contributed by atoms with Crippen molar-refractivity contribution >= 4 is 0 Å². The van der Waals surface area contributed by atoms with Gasteiger partial charge < -0.3 is 5.32 Å². The molecule has 1 aromatic carbocycles. The van der Waals surface area contributed by atoms with Gasteiger partial charge in [-0.2, -0.15) is 0 Å². The van der Waals surface area contributed by atoms with Gasteiger partial charge in [0, 0.05) is 6.04 Å². The number of aryl methyl sites for hydroxylation is 2. The number of rotatable bonds is 6. The highest BCUT2D eigenvalue weighted by molar-refractivity contribution is 5.35. The van der Waals surface area contributed by atoms with E-state index in [1.807, 2.05) is 0 Å². The van der Waals surface area contributed by atoms with Crippen molar-refractivity contribution in [1.29, 1.82) is 0 Å². The molecule has 1 aromatic rings. The van der Waals surface area contributed by atoms with E-state index in [-0.39, 0.29) is 0 Å². The first-order valence-electron chi connectivity index (χ1n) is 8.44. The molecule has 1 nitrogen and oxygen atoms in total. The minimum Gasteiger partial charge on any atom is -0.313 e. The molecule has 0 saturated heterocycles. The summed E-state index contributed by atoms with van der Waals surface area (Å²) in [6, 6.07) is 7.91. The van der Waals surface area contributed by atoms with Crippen LogP contribution in [0.3, 0.4) is 0 Å². The van der Waals surface area contributed by atoms with Gasteiger partial charge in [0.1, 0.15) is 0 Å². The van der Waals surface area contributed by atoms with Crippen molar-refractivity contribution in [2.24, 2.45) is 11.3 Å². The molecule has 0 spiro atoms. The van der Waals surface area contributed by atoms with Crippen LogP contribution in [0, 0.1) is 11.3 Å². The molecule has 2 aliphatic carbocycles. The highest BCUT2D eigenvalue weighted by Gasteiger charge is 2.49. The second-order valence-corrected chi connectivity index (χ2v) is 7.52. The third kappa shape index (κ3) is 2.93. The Kier molecular flexibility index (Phi) is 3.90. The molecule has 1 heteroatoms. The topological polar surface area (TPSA) is 12.0 Å². The Labute approximate surface area is 124 Å². The maximum absolute atomic E-state index is 3.80. The zero-order chi connectivity index (χ0) is 14.2. The normalized spacial score (nSPS) is 24.4. The Hall–Kier alpha value is -0.820. The molecule has 0 heterocycles. The Morgan fingerprint density at radius 3 is 2.70 bits per heavy atom. The van der Waals surface area contributed by atoms with Gasteiger partial charge in [0.05, 0.1) is 0 Å². The van der Waals surface area contributed by atoms with Gasteiger partial charge in [0.2, 0.25) is 0 Å². The summed E-state index contributed by atoms with van der Waals surface area (Å²) in [6.45, 7) is 8.25. The van der Waals surface area contributed by atoms with Crippen molar-refractivity contribution in [1.82, 2.24) is 5.32 Å². The van der Waals surface area contributed by atoms with Crippen LogP contribution in [0.1, 0.15) is 56.7 Å². The Balaban J connectivity index is 1.69. The second-order valence-electron chi connectivity index (χ2n) is 7.52. The van der Waals surface area contributed by atoms with E-state index in [0.29, 0.717) is 11.5 Å². The van der Waals surface area contributed by atoms with Crippen LogP contribution in [-0.4, -0.2) is 12.6 Å². The van der Waals surface area contributed by atoms with E-state index in [2.05, 4.69) is 44.3 Å². The molecule has 1 saturated carbocycles. The van der Waals surface area contributed by atoms with E-state index in [1.165, 1.54) is 38.5 Å². The van der Waals surface area contributed by atoms with Gasteiger partial charge in [0.25, 0.3) is 0 Å². The van der Waals surface area contributed by atoms with Crippen LogP contribution in [0.15, 0.2) is 18.2 Å². The molecule has 110 valence electrons. The van der Waals surface area contributed by atoms with Crippen LogP contribution in [0.5, 0.6) is 0 Å². The Morgan fingerprint density at radius 1 is 1.25 bits per heavy atom. The molecule has 0 radical (unpaired) electrons. The van der Waals surface area contributed by atoms with Crippen molar-refractivity contribution in [3.63, 3.8) is 0 Å². The van der Waals surface area contributed by atoms with Gasteiger partial charge in [-0.15, -0.1) is 0 Å². The average molecular weight is 271 g/mol. The van der Waals surface area contributed by atoms with E-state index < -0.39 is 0 Å². The molecule has 0 amide bonds. The fraction of sp³-hybridized carbons (Fsp3) is 0.684. The lowest BCUT2D eigenvalue weighted by Gasteiger charge is -2.21. The standard InChI is InChI=1S/C19H29N/c1-4-10-20-18(17-13-19(17,2)3)12-14-8-9-15-6-5-7-16(15)11-14/h8-9,11,17-18,20H,4-7,10,12-13H2,1-3H3. The molecule has 2 atom stereocenters. The second kappa shape index (κ2) is 5.52. The van der Waals surface area contributed by atoms with Crippen LogP contribution in [0.25, 0.3) is 0 Å². The van der Waals surface area contributed by atoms with Crippen LogP contribution >= 0.6 is 0 Å². The van der Waals surface area contributed by atoms with Crippen LogP contribution in [0.4, 0.5) is 0 Å². The first-order valence-corrected chi connectivity index (χ1v) is 8.44. The van der Waals surface area contributed by atoms with Crippen molar-refractivity contribution < 1.29 is 0 Å². The summed E-state index contributed by atoms with van der Waals surface area (Å²) in [5.74, 6) is 0.863. The number of hydrogen-bond acceptors (Lipinski definition) is 1. The van der Waals surface area contributed by atoms with Gasteiger partial charge in [-0.25, -0.2) is 0 Å². The fourth-order valence-corrected chi connectivity index (χ4v) is 3.89. The molecular weight excluding hydrogens is 242 g/mol. The van der Waals surface area contributed by atoms with Gasteiger partial charge in [-0.1, -0.05) is 39.0 Å². The number of nitrogens with one attached hydrogen (secondary N) is 1. The zero-order valence-corrected chi connectivity index (χ0v) is 13.3. The smallest absolute Gasteiger partial charge is 0.0141 e. The minimum atomic E-state index is 0.558. The maximum atomic E-state index is 3.80. The summed E-state index contributed by atoms with van der Waals surface area (Å²) >= 11 is 0. The third-order valence-corrected chi connectivity index (χ3v) is 5.35. The zero-order valence-electron chi connectivity index (χ0n) is 13.3. The van der Waals surface area contributed by atoms with Crippen molar-refractivity contribution in [2.45, 2.75) is 65.3 Å². The summed E-state index contributed by atoms with van der Waals surface area (Å²) < 4.78 is 0. The molecule has 3 rings (SSSR count). The van der Waals surface area contributed by atoms with Crippen molar-refractivity contribution in [3.05, 3.63) is 34.9 Å². The number of benzene rings is 1. The lowest BCUT2D eigenvalue weighted by atomic mass is 9.95. The summed E-state index contributed by atoms with van der Waals surface area (Å²) in [6.07, 6.45) is 7.77. The SMILES string of the molecule is CCCNC(Cc1ccc2c(c1)CCC2)C1CC1(C)C. The third-order valence-electron chi connectivity index (χ3n) is 5.35. The summed E-state index contributed by atoms with van der Waals surface area (Å²) in [5, 5.41) is 3.80. The molecular formula is C19H29N. The Bertz CT molecular complexity index is 475. The van der Waals surface area contributed by atoms with Crippen LogP contribution in [0.2, 0.25) is 0 Å². The molecule has 1 N–H and O–H groups in total. The van der Waals surface area contributed by atoms with E-state index in [4.69, 9.17) is 0 Å². The molecule has 0 aliphatic heterocycles. The lowest BCUT2D eigenvalue weighted by molar-refractivity contribution is 0.402. The molecule has 1 fully saturated rings. The molecule has 0 aromatic heterocycles. The van der Waals surface area contributed by atoms with Gasteiger partial charge >= 0.3 is 0 Å². The van der Waals surface area contributed by atoms with E-state index in [0.717, 1.165) is 12.5 Å². The van der Waals surface area contributed by atoms with Crippen LogP contribution < -0.4 is 5.32 Å². The van der Waals surface area contributed by atoms with Gasteiger partial charge in [0.15, 0.2) is 0 Å². The van der Waals surface area contributed by atoms with Gasteiger partial charge in [-0.05, 0) is 73.1 Å². The first-order chi connectivity index (χ1) is 9.60.